The minimum atomic E-state index is 0.138. The highest BCUT2D eigenvalue weighted by atomic mass is 15.2. The van der Waals surface area contributed by atoms with Crippen LogP contribution >= 0.6 is 0 Å². The van der Waals surface area contributed by atoms with E-state index < -0.39 is 0 Å². The smallest absolute Gasteiger partial charge is 0.333 e. The molecular weight excluding hydrogens is 447 g/mol. The van der Waals surface area contributed by atoms with Gasteiger partial charge in [-0.3, -0.25) is 0 Å². The van der Waals surface area contributed by atoms with Crippen molar-refractivity contribution < 1.29 is 0 Å². The fourth-order valence-corrected chi connectivity index (χ4v) is 6.77. The molecule has 8 rings (SSSR count). The van der Waals surface area contributed by atoms with Crippen LogP contribution in [0.1, 0.15) is 25.3 Å². The number of aromatic nitrogens is 1. The summed E-state index contributed by atoms with van der Waals surface area (Å²) in [6.45, 7) is 2.41. The summed E-state index contributed by atoms with van der Waals surface area (Å²) in [4.78, 5) is 2.45. The van der Waals surface area contributed by atoms with Crippen LogP contribution in [-0.2, 0) is 6.42 Å². The molecule has 0 saturated carbocycles. The van der Waals surface area contributed by atoms with Gasteiger partial charge in [-0.2, -0.15) is 0 Å². The fraction of sp³-hybridized carbons (Fsp3) is 0.118. The predicted molar refractivity (Wildman–Crippen MR) is 159 cm³/mol. The van der Waals surface area contributed by atoms with Crippen LogP contribution in [0.15, 0.2) is 109 Å². The van der Waals surface area contributed by atoms with E-state index in [0.717, 1.165) is 6.42 Å². The number of fused-ring (bicyclic) bond motifs is 7. The van der Waals surface area contributed by atoms with E-state index in [0.29, 0.717) is 0 Å². The van der Waals surface area contributed by atoms with E-state index in [1.54, 1.807) is 0 Å². The highest BCUT2D eigenvalue weighted by Crippen LogP contribution is 2.44. The first-order valence-electron chi connectivity index (χ1n) is 13.5. The summed E-state index contributed by atoms with van der Waals surface area (Å²) < 4.78 is 2.64. The Kier molecular flexibility index (Phi) is 4.45. The third kappa shape index (κ3) is 2.83. The first-order chi connectivity index (χ1) is 18.3. The molecule has 2 nitrogen and oxygen atoms in total. The molecule has 0 unspecified atom stereocenters. The van der Waals surface area contributed by atoms with Crippen LogP contribution in [0.3, 0.4) is 0 Å². The third-order valence-corrected chi connectivity index (χ3v) is 8.34. The summed E-state index contributed by atoms with van der Waals surface area (Å²) in [6.07, 6.45) is 3.59. The molecule has 0 spiro atoms. The number of anilines is 3. The lowest BCUT2D eigenvalue weighted by atomic mass is 9.45. The van der Waals surface area contributed by atoms with Crippen LogP contribution in [0, 0.1) is 0 Å². The highest BCUT2D eigenvalue weighted by Gasteiger charge is 2.42. The topological polar surface area (TPSA) is 8.17 Å². The molecule has 2 aliphatic rings. The van der Waals surface area contributed by atoms with Crippen LogP contribution < -0.4 is 15.8 Å². The van der Waals surface area contributed by atoms with Gasteiger partial charge in [-0.15, -0.1) is 0 Å². The van der Waals surface area contributed by atoms with Gasteiger partial charge in [-0.25, -0.2) is 0 Å². The first-order valence-corrected chi connectivity index (χ1v) is 13.5. The van der Waals surface area contributed by atoms with Crippen molar-refractivity contribution in [2.45, 2.75) is 26.2 Å². The Morgan fingerprint density at radius 1 is 0.676 bits per heavy atom. The van der Waals surface area contributed by atoms with E-state index in [9.17, 15) is 0 Å². The van der Waals surface area contributed by atoms with Gasteiger partial charge in [0.15, 0.2) is 0 Å². The molecule has 3 heteroatoms. The Hall–Kier alpha value is -4.24. The van der Waals surface area contributed by atoms with Gasteiger partial charge in [0.25, 0.3) is 0 Å². The summed E-state index contributed by atoms with van der Waals surface area (Å²) in [5.74, 6) is 0. The molecule has 176 valence electrons. The Morgan fingerprint density at radius 2 is 1.46 bits per heavy atom. The largest absolute Gasteiger partial charge is 0.375 e. The molecule has 0 atom stereocenters. The second kappa shape index (κ2) is 7.88. The van der Waals surface area contributed by atoms with Gasteiger partial charge in [0.2, 0.25) is 0 Å². The van der Waals surface area contributed by atoms with Crippen LogP contribution in [0.4, 0.5) is 17.1 Å². The molecule has 0 fully saturated rings. The molecule has 6 aromatic rings. The number of unbranched alkanes of at least 4 members (excludes halogenated alkanes) is 1. The van der Waals surface area contributed by atoms with Crippen molar-refractivity contribution in [2.75, 3.05) is 4.90 Å². The number of hydrogen-bond acceptors (Lipinski definition) is 1. The Balaban J connectivity index is 1.49. The van der Waals surface area contributed by atoms with Gasteiger partial charge < -0.3 is 9.38 Å². The average molecular weight is 474 g/mol. The van der Waals surface area contributed by atoms with Crippen molar-refractivity contribution in [1.82, 2.24) is 4.48 Å². The number of hydrogen-bond donors (Lipinski definition) is 0. The summed E-state index contributed by atoms with van der Waals surface area (Å²) >= 11 is 0. The maximum absolute atomic E-state index is 2.64. The van der Waals surface area contributed by atoms with Crippen molar-refractivity contribution in [2.24, 2.45) is 0 Å². The van der Waals surface area contributed by atoms with E-state index >= 15 is 0 Å². The van der Waals surface area contributed by atoms with Crippen molar-refractivity contribution >= 4 is 56.6 Å². The second-order valence-electron chi connectivity index (χ2n) is 10.4. The van der Waals surface area contributed by atoms with Crippen molar-refractivity contribution in [1.29, 1.82) is 0 Å². The Bertz CT molecular complexity index is 1830. The molecule has 0 N–H and O–H groups in total. The van der Waals surface area contributed by atoms with Crippen LogP contribution in [0.5, 0.6) is 0 Å². The number of para-hydroxylation sites is 3. The van der Waals surface area contributed by atoms with Crippen molar-refractivity contribution in [3.05, 3.63) is 115 Å². The molecule has 5 aromatic carbocycles. The van der Waals surface area contributed by atoms with Crippen LogP contribution in [-0.4, -0.2) is 11.3 Å². The van der Waals surface area contributed by atoms with E-state index in [1.165, 1.54) is 79.3 Å². The molecular formula is C34H27BN2. The molecule has 1 aromatic heterocycles. The average Bonchev–Trinajstić information content (AvgIpc) is 3.29. The number of nitrogens with zero attached hydrogens (tertiary/aromatic N) is 2. The third-order valence-electron chi connectivity index (χ3n) is 8.34. The predicted octanol–water partition coefficient (Wildman–Crippen LogP) is 7.55. The zero-order valence-corrected chi connectivity index (χ0v) is 21.0. The number of benzene rings is 5. The quantitative estimate of drug-likeness (QED) is 0.239. The molecule has 0 amide bonds. The van der Waals surface area contributed by atoms with Gasteiger partial charge in [-0.05, 0) is 71.3 Å². The highest BCUT2D eigenvalue weighted by molar-refractivity contribution is 6.90. The first kappa shape index (κ1) is 20.9. The monoisotopic (exact) mass is 474 g/mol. The molecule has 0 aliphatic carbocycles. The molecule has 0 radical (unpaired) electrons. The lowest BCUT2D eigenvalue weighted by molar-refractivity contribution is 0.796. The van der Waals surface area contributed by atoms with Crippen LogP contribution in [0.2, 0.25) is 0 Å². The van der Waals surface area contributed by atoms with Crippen LogP contribution in [0.25, 0.3) is 32.9 Å². The maximum Gasteiger partial charge on any atom is 0.333 e. The van der Waals surface area contributed by atoms with Gasteiger partial charge in [0, 0.05) is 44.4 Å². The maximum atomic E-state index is 2.64. The van der Waals surface area contributed by atoms with Crippen molar-refractivity contribution in [3.8, 4) is 11.1 Å². The minimum absolute atomic E-state index is 0.138. The van der Waals surface area contributed by atoms with E-state index in [1.807, 2.05) is 0 Å². The molecule has 37 heavy (non-hydrogen) atoms. The number of aryl methyl sites for hydroxylation is 1. The minimum Gasteiger partial charge on any atom is -0.375 e. The summed E-state index contributed by atoms with van der Waals surface area (Å²) in [5.41, 5.74) is 13.3. The molecule has 0 bridgehead atoms. The zero-order valence-electron chi connectivity index (χ0n) is 21.0. The lowest BCUT2D eigenvalue weighted by Crippen LogP contribution is -2.56. The normalized spacial score (nSPS) is 13.2. The Labute approximate surface area is 217 Å². The summed E-state index contributed by atoms with van der Waals surface area (Å²) in [6, 6.07) is 40.7. The zero-order chi connectivity index (χ0) is 24.5. The SMILES string of the molecule is CCCCc1ccc2c(c1)c1cccc3c1n2B1c2ccccc2N(c2ccccc2)c2cccc-3c21. The van der Waals surface area contributed by atoms with E-state index in [-0.39, 0.29) is 6.85 Å². The number of rotatable bonds is 4. The van der Waals surface area contributed by atoms with Gasteiger partial charge in [0.05, 0.1) is 0 Å². The molecule has 0 saturated heterocycles. The summed E-state index contributed by atoms with van der Waals surface area (Å²) in [7, 11) is 0. The van der Waals surface area contributed by atoms with Gasteiger partial charge in [0.1, 0.15) is 0 Å². The van der Waals surface area contributed by atoms with Gasteiger partial charge >= 0.3 is 6.85 Å². The van der Waals surface area contributed by atoms with Gasteiger partial charge in [-0.1, -0.05) is 86.1 Å². The standard InChI is InChI=1S/C34H27BN2/c1-2-3-11-23-20-21-30-28(22-23)27-16-9-15-26-25-14-10-19-32-33(25)35(37(30)34(26)27)29-17-7-8-18-31(29)36(32)24-12-5-4-6-13-24/h4-10,12-22H,2-3,11H2,1H3. The molecule has 2 aliphatic heterocycles. The molecule has 3 heterocycles. The fourth-order valence-electron chi connectivity index (χ4n) is 6.77. The Morgan fingerprint density at radius 3 is 2.35 bits per heavy atom. The van der Waals surface area contributed by atoms with Crippen molar-refractivity contribution in [3.63, 3.8) is 0 Å². The second-order valence-corrected chi connectivity index (χ2v) is 10.4. The van der Waals surface area contributed by atoms with E-state index in [4.69, 9.17) is 0 Å². The lowest BCUT2D eigenvalue weighted by Gasteiger charge is -2.40. The van der Waals surface area contributed by atoms with E-state index in [2.05, 4.69) is 125 Å². The summed E-state index contributed by atoms with van der Waals surface area (Å²) in [5, 5.41) is 2.74.